The van der Waals surface area contributed by atoms with Crippen LogP contribution in [-0.4, -0.2) is 38.8 Å². The van der Waals surface area contributed by atoms with Gasteiger partial charge in [-0.3, -0.25) is 4.57 Å². The van der Waals surface area contributed by atoms with Gasteiger partial charge in [0.05, 0.1) is 0 Å². The van der Waals surface area contributed by atoms with Crippen molar-refractivity contribution in [3.63, 3.8) is 0 Å². The molecule has 0 aromatic heterocycles. The predicted molar refractivity (Wildman–Crippen MR) is 121 cm³/mol. The summed E-state index contributed by atoms with van der Waals surface area (Å²) < 4.78 is 8.77. The van der Waals surface area contributed by atoms with Crippen LogP contribution in [0.3, 0.4) is 0 Å². The molecular formula is C22H45MgO6P. The fraction of sp³-hybridized carbons (Fsp3) is 0.955. The number of carbonyl (C=O) groups is 1. The molecule has 0 rings (SSSR count). The fourth-order valence-corrected chi connectivity index (χ4v) is 3.35. The van der Waals surface area contributed by atoms with E-state index in [4.69, 9.17) is 19.2 Å². The van der Waals surface area contributed by atoms with Crippen molar-refractivity contribution in [2.45, 2.75) is 135 Å². The van der Waals surface area contributed by atoms with Gasteiger partial charge in [0.15, 0.2) is 0 Å². The van der Waals surface area contributed by atoms with E-state index in [0.29, 0.717) is 0 Å². The van der Waals surface area contributed by atoms with E-state index in [2.05, 4.69) is 6.92 Å². The van der Waals surface area contributed by atoms with E-state index in [9.17, 15) is 9.90 Å². The van der Waals surface area contributed by atoms with Crippen molar-refractivity contribution in [2.24, 2.45) is 0 Å². The smallest absolute Gasteiger partial charge is 0.756 e. The topological polar surface area (TPSA) is 121 Å². The number of hydrogen-bond acceptors (Lipinski definition) is 4. The molecule has 0 aliphatic rings. The van der Waals surface area contributed by atoms with Crippen molar-refractivity contribution >= 4 is 36.8 Å². The molecule has 0 aliphatic heterocycles. The predicted octanol–water partition coefficient (Wildman–Crippen LogP) is 4.62. The maximum Gasteiger partial charge on any atom is 2.00 e. The molecule has 0 atom stereocenters. The minimum Gasteiger partial charge on any atom is -0.756 e. The normalized spacial score (nSPS) is 10.8. The average molecular weight is 461 g/mol. The first-order chi connectivity index (χ1) is 13.8. The Hall–Kier alpha value is 0.346. The van der Waals surface area contributed by atoms with Gasteiger partial charge < -0.3 is 24.6 Å². The van der Waals surface area contributed by atoms with E-state index in [-0.39, 0.29) is 29.5 Å². The van der Waals surface area contributed by atoms with Crippen molar-refractivity contribution in [1.29, 1.82) is 0 Å². The monoisotopic (exact) mass is 460 g/mol. The molecule has 2 N–H and O–H groups in total. The molecule has 0 saturated heterocycles. The Morgan fingerprint density at radius 2 is 0.833 bits per heavy atom. The van der Waals surface area contributed by atoms with Gasteiger partial charge in [-0.2, -0.15) is 0 Å². The minimum absolute atomic E-state index is 0. The van der Waals surface area contributed by atoms with Gasteiger partial charge in [0, 0.05) is 5.97 Å². The molecule has 0 saturated carbocycles. The molecule has 0 unspecified atom stereocenters. The largest absolute Gasteiger partial charge is 2.00 e. The molecule has 0 aromatic rings. The Labute approximate surface area is 201 Å². The number of carbonyl (C=O) groups excluding carboxylic acids is 1. The van der Waals surface area contributed by atoms with Gasteiger partial charge in [0.25, 0.3) is 7.82 Å². The third kappa shape index (κ3) is 46.5. The summed E-state index contributed by atoms with van der Waals surface area (Å²) in [6, 6.07) is 0. The van der Waals surface area contributed by atoms with Crippen molar-refractivity contribution in [2.75, 3.05) is 0 Å². The SMILES string of the molecule is CCCCCCCCCCCCCCCCCCCCCC(=O)[O-].O=P([O-])(O)O.[Mg+2]. The summed E-state index contributed by atoms with van der Waals surface area (Å²) in [6.45, 7) is 2.28. The van der Waals surface area contributed by atoms with Crippen LogP contribution in [0.1, 0.15) is 135 Å². The maximum atomic E-state index is 10.3. The van der Waals surface area contributed by atoms with Gasteiger partial charge in [-0.1, -0.05) is 122 Å². The second kappa shape index (κ2) is 27.4. The summed E-state index contributed by atoms with van der Waals surface area (Å²) in [4.78, 5) is 33.2. The zero-order chi connectivity index (χ0) is 22.2. The first-order valence-corrected chi connectivity index (χ1v) is 13.3. The standard InChI is InChI=1S/C22H44O2.Mg.H3O4P/c1-2-3-4-5-6-7-8-9-10-11-12-13-14-15-16-17-18-19-20-21-22(23)24;;1-5(2,3)4/h2-21H2,1H3,(H,23,24);;(H3,1,2,3,4)/q;+2;/p-2. The first kappa shape index (κ1) is 34.9. The van der Waals surface area contributed by atoms with Crippen LogP contribution in [0.15, 0.2) is 0 Å². The summed E-state index contributed by atoms with van der Waals surface area (Å²) in [6.07, 6.45) is 25.7. The van der Waals surface area contributed by atoms with E-state index in [1.807, 2.05) is 0 Å². The zero-order valence-electron chi connectivity index (χ0n) is 19.3. The molecule has 0 heterocycles. The van der Waals surface area contributed by atoms with Gasteiger partial charge >= 0.3 is 23.1 Å². The Morgan fingerprint density at radius 3 is 1.03 bits per heavy atom. The van der Waals surface area contributed by atoms with Gasteiger partial charge in [-0.25, -0.2) is 0 Å². The summed E-state index contributed by atoms with van der Waals surface area (Å²) in [5.41, 5.74) is 0. The van der Waals surface area contributed by atoms with Gasteiger partial charge in [-0.05, 0) is 12.8 Å². The number of carboxylic acid groups (broad SMARTS) is 1. The van der Waals surface area contributed by atoms with Crippen LogP contribution in [0.5, 0.6) is 0 Å². The minimum atomic E-state index is -4.89. The van der Waals surface area contributed by atoms with Crippen LogP contribution in [0.25, 0.3) is 0 Å². The maximum absolute atomic E-state index is 10.3. The second-order valence-corrected chi connectivity index (χ2v) is 8.96. The summed E-state index contributed by atoms with van der Waals surface area (Å²) in [7, 11) is -4.89. The number of carboxylic acids is 1. The van der Waals surface area contributed by atoms with E-state index in [1.165, 1.54) is 109 Å². The van der Waals surface area contributed by atoms with E-state index in [0.717, 1.165) is 12.8 Å². The van der Waals surface area contributed by atoms with E-state index in [1.54, 1.807) is 0 Å². The second-order valence-electron chi connectivity index (χ2n) is 7.98. The van der Waals surface area contributed by atoms with Gasteiger partial charge in [0.2, 0.25) is 0 Å². The molecule has 8 heteroatoms. The molecule has 0 radical (unpaired) electrons. The molecule has 176 valence electrons. The van der Waals surface area contributed by atoms with E-state index < -0.39 is 13.8 Å². The number of hydrogen-bond donors (Lipinski definition) is 2. The zero-order valence-corrected chi connectivity index (χ0v) is 21.6. The Kier molecular flexibility index (Phi) is 31.9. The molecule has 6 nitrogen and oxygen atoms in total. The van der Waals surface area contributed by atoms with Crippen molar-refractivity contribution in [3.05, 3.63) is 0 Å². The summed E-state index contributed by atoms with van der Waals surface area (Å²) in [5.74, 6) is -0.901. The van der Waals surface area contributed by atoms with E-state index >= 15 is 0 Å². The van der Waals surface area contributed by atoms with Crippen LogP contribution in [0, 0.1) is 0 Å². The number of phosphoric acid groups is 1. The van der Waals surface area contributed by atoms with Crippen molar-refractivity contribution in [1.82, 2.24) is 0 Å². The number of aliphatic carboxylic acids is 1. The molecular weight excluding hydrogens is 416 g/mol. The quantitative estimate of drug-likeness (QED) is 0.155. The van der Waals surface area contributed by atoms with Crippen LogP contribution in [0.2, 0.25) is 0 Å². The van der Waals surface area contributed by atoms with Crippen LogP contribution >= 0.6 is 7.82 Å². The Morgan fingerprint density at radius 1 is 0.633 bits per heavy atom. The van der Waals surface area contributed by atoms with Gasteiger partial charge in [0.1, 0.15) is 0 Å². The Bertz CT molecular complexity index is 382. The molecule has 0 spiro atoms. The van der Waals surface area contributed by atoms with Crippen molar-refractivity contribution < 1.29 is 29.1 Å². The summed E-state index contributed by atoms with van der Waals surface area (Å²) >= 11 is 0. The van der Waals surface area contributed by atoms with Crippen LogP contribution in [-0.2, 0) is 9.36 Å². The fourth-order valence-electron chi connectivity index (χ4n) is 3.35. The number of rotatable bonds is 20. The third-order valence-corrected chi connectivity index (χ3v) is 4.98. The Balaban J connectivity index is -0.00000108. The van der Waals surface area contributed by atoms with Crippen LogP contribution < -0.4 is 10.00 Å². The average Bonchev–Trinajstić information content (AvgIpc) is 2.62. The molecule has 0 aromatic carbocycles. The molecule has 0 amide bonds. The first-order valence-electron chi connectivity index (χ1n) is 11.7. The number of unbranched alkanes of at least 4 members (excludes halogenated alkanes) is 18. The molecule has 0 bridgehead atoms. The molecule has 0 fully saturated rings. The molecule has 30 heavy (non-hydrogen) atoms. The summed E-state index contributed by atoms with van der Waals surface area (Å²) in [5, 5.41) is 10.3. The van der Waals surface area contributed by atoms with Gasteiger partial charge in [-0.15, -0.1) is 0 Å². The molecule has 0 aliphatic carbocycles. The van der Waals surface area contributed by atoms with Crippen LogP contribution in [0.4, 0.5) is 0 Å². The van der Waals surface area contributed by atoms with Crippen molar-refractivity contribution in [3.8, 4) is 0 Å². The third-order valence-electron chi connectivity index (χ3n) is 4.98.